The van der Waals surface area contributed by atoms with Gasteiger partial charge in [0.05, 0.1) is 0 Å². The molecule has 4 heavy (non-hydrogen) atoms. The van der Waals surface area contributed by atoms with E-state index < -0.39 is 7.66 Å². The van der Waals surface area contributed by atoms with Gasteiger partial charge in [0.2, 0.25) is 0 Å². The maximum atomic E-state index is 8.82. The maximum Gasteiger partial charge on any atom is 0.393 e. The Balaban J connectivity index is 0. The minimum atomic E-state index is -0.472. The third-order valence-corrected chi connectivity index (χ3v) is 0. The summed E-state index contributed by atoms with van der Waals surface area (Å²) in [5.41, 5.74) is 0. The van der Waals surface area contributed by atoms with Crippen LogP contribution in [0.5, 0.6) is 0 Å². The summed E-state index contributed by atoms with van der Waals surface area (Å²) in [6.45, 7) is 0. The van der Waals surface area contributed by atoms with Gasteiger partial charge in [-0.1, -0.05) is 4.57 Å². The van der Waals surface area contributed by atoms with Crippen LogP contribution in [0.1, 0.15) is 0 Å². The molecule has 26 valence electrons. The monoisotopic (exact) mass is 183 g/mol. The minimum Gasteiger partial charge on any atom is -0.0626 e. The van der Waals surface area contributed by atoms with E-state index >= 15 is 0 Å². The number of rotatable bonds is 0. The zero-order valence-corrected chi connectivity index (χ0v) is 5.34. The second-order valence-corrected chi connectivity index (χ2v) is 0.822. The quantitative estimate of drug-likeness (QED) is 0.334. The van der Waals surface area contributed by atoms with E-state index in [1.807, 2.05) is 0 Å². The molecule has 0 aromatic heterocycles. The zero-order valence-electron chi connectivity index (χ0n) is 1.71. The number of thiol groups is 1. The van der Waals surface area contributed by atoms with Gasteiger partial charge >= 0.3 is 7.66 Å². The molecule has 0 N–H and O–H groups in total. The van der Waals surface area contributed by atoms with Crippen molar-refractivity contribution in [1.82, 2.24) is 0 Å². The molecule has 0 fully saturated rings. The molecule has 0 aliphatic carbocycles. The summed E-state index contributed by atoms with van der Waals surface area (Å²) in [5, 5.41) is 0. The molecular formula is H2OPRuS+. The Bertz CT molecular complexity index is 15.5. The van der Waals surface area contributed by atoms with Crippen molar-refractivity contribution in [3.63, 3.8) is 0 Å². The Kier molecular flexibility index (Phi) is 19.9. The van der Waals surface area contributed by atoms with Gasteiger partial charge in [-0.3, -0.25) is 0 Å². The Hall–Kier alpha value is 1.07. The van der Waals surface area contributed by atoms with E-state index in [1.165, 1.54) is 0 Å². The van der Waals surface area contributed by atoms with Crippen LogP contribution in [0.25, 0.3) is 0 Å². The van der Waals surface area contributed by atoms with E-state index in [4.69, 9.17) is 4.57 Å². The van der Waals surface area contributed by atoms with E-state index in [2.05, 4.69) is 12.2 Å². The third kappa shape index (κ3) is 11.5. The molecule has 1 atom stereocenters. The summed E-state index contributed by atoms with van der Waals surface area (Å²) < 4.78 is 8.82. The minimum absolute atomic E-state index is 0. The number of hydrogen-bond acceptors (Lipinski definition) is 1. The average molecular weight is 182 g/mol. The number of hydrogen-bond donors (Lipinski definition) is 1. The molecule has 0 saturated heterocycles. The second-order valence-electron chi connectivity index (χ2n) is 0.0913. The van der Waals surface area contributed by atoms with Crippen LogP contribution < -0.4 is 0 Å². The first-order chi connectivity index (χ1) is 1.41. The molecule has 0 aliphatic rings. The average Bonchev–Trinajstić information content (AvgIpc) is 0.918. The molecule has 1 nitrogen and oxygen atoms in total. The summed E-state index contributed by atoms with van der Waals surface area (Å²) in [4.78, 5) is 0. The van der Waals surface area contributed by atoms with Crippen molar-refractivity contribution in [1.29, 1.82) is 0 Å². The van der Waals surface area contributed by atoms with Crippen LogP contribution in [0.4, 0.5) is 0 Å². The largest absolute Gasteiger partial charge is 0.393 e. The summed E-state index contributed by atoms with van der Waals surface area (Å²) >= 11 is 3.26. The van der Waals surface area contributed by atoms with Gasteiger partial charge in [-0.25, -0.2) is 0 Å². The molecule has 0 bridgehead atoms. The standard InChI is InChI=1S/HOPS.Ru/c1-2-3;/h(H,1,3);/p+1. The molecular weight excluding hydrogens is 180 g/mol. The van der Waals surface area contributed by atoms with Crippen LogP contribution in [0.2, 0.25) is 0 Å². The van der Waals surface area contributed by atoms with Gasteiger partial charge in [0.15, 0.2) is 0 Å². The first-order valence-electron chi connectivity index (χ1n) is 0.428. The SMILES string of the molecule is O=[PH+]S.[Ru]. The molecule has 0 spiro atoms. The van der Waals surface area contributed by atoms with Crippen LogP contribution in [0.15, 0.2) is 0 Å². The molecule has 0 aromatic carbocycles. The fourth-order valence-corrected chi connectivity index (χ4v) is 0. The molecule has 0 rings (SSSR count). The van der Waals surface area contributed by atoms with E-state index in [9.17, 15) is 0 Å². The predicted octanol–water partition coefficient (Wildman–Crippen LogP) is 0.853. The van der Waals surface area contributed by atoms with Crippen molar-refractivity contribution in [2.75, 3.05) is 0 Å². The van der Waals surface area contributed by atoms with Crippen molar-refractivity contribution >= 4 is 19.9 Å². The normalized spacial score (nSPS) is 5.25. The van der Waals surface area contributed by atoms with Gasteiger partial charge in [-0.2, -0.15) is 0 Å². The molecule has 0 radical (unpaired) electrons. The van der Waals surface area contributed by atoms with Crippen molar-refractivity contribution < 1.29 is 24.0 Å². The molecule has 1 unspecified atom stereocenters. The summed E-state index contributed by atoms with van der Waals surface area (Å²) in [6.07, 6.45) is 0. The topological polar surface area (TPSA) is 17.1 Å². The van der Waals surface area contributed by atoms with Crippen LogP contribution in [0, 0.1) is 0 Å². The molecule has 0 heterocycles. The molecule has 0 aliphatic heterocycles. The maximum absolute atomic E-state index is 8.82. The van der Waals surface area contributed by atoms with Gasteiger partial charge in [0.25, 0.3) is 0 Å². The Morgan fingerprint density at radius 2 is 1.75 bits per heavy atom. The van der Waals surface area contributed by atoms with E-state index in [-0.39, 0.29) is 19.5 Å². The van der Waals surface area contributed by atoms with Gasteiger partial charge < -0.3 is 0 Å². The Morgan fingerprint density at radius 3 is 1.75 bits per heavy atom. The Labute approximate surface area is 44.3 Å². The van der Waals surface area contributed by atoms with Crippen molar-refractivity contribution in [2.24, 2.45) is 0 Å². The van der Waals surface area contributed by atoms with Crippen LogP contribution in [0.3, 0.4) is 0 Å². The summed E-state index contributed by atoms with van der Waals surface area (Å²) in [5.74, 6) is 0. The zero-order chi connectivity index (χ0) is 2.71. The molecule has 4 heteroatoms. The van der Waals surface area contributed by atoms with Gasteiger partial charge in [-0.15, -0.1) is 0 Å². The molecule has 0 amide bonds. The van der Waals surface area contributed by atoms with Gasteiger partial charge in [0.1, 0.15) is 12.2 Å². The van der Waals surface area contributed by atoms with Crippen LogP contribution in [-0.2, 0) is 24.0 Å². The molecule has 0 saturated carbocycles. The summed E-state index contributed by atoms with van der Waals surface area (Å²) in [6, 6.07) is 0. The predicted molar refractivity (Wildman–Crippen MR) is 18.0 cm³/mol. The second kappa shape index (κ2) is 8.95. The van der Waals surface area contributed by atoms with E-state index in [0.29, 0.717) is 0 Å². The molecule has 0 aromatic rings. The fraction of sp³-hybridized carbons (Fsp3) is 0. The first-order valence-corrected chi connectivity index (χ1v) is 2.62. The fourth-order valence-electron chi connectivity index (χ4n) is 0. The van der Waals surface area contributed by atoms with Gasteiger partial charge in [0, 0.05) is 19.5 Å². The van der Waals surface area contributed by atoms with Crippen LogP contribution >= 0.6 is 19.9 Å². The van der Waals surface area contributed by atoms with Crippen LogP contribution in [-0.4, -0.2) is 0 Å². The Morgan fingerprint density at radius 1 is 1.75 bits per heavy atom. The van der Waals surface area contributed by atoms with E-state index in [0.717, 1.165) is 0 Å². The summed E-state index contributed by atoms with van der Waals surface area (Å²) in [7, 11) is -0.472. The first kappa shape index (κ1) is 8.91. The van der Waals surface area contributed by atoms with E-state index in [1.54, 1.807) is 0 Å². The van der Waals surface area contributed by atoms with Crippen molar-refractivity contribution in [3.05, 3.63) is 0 Å². The van der Waals surface area contributed by atoms with Crippen molar-refractivity contribution in [2.45, 2.75) is 0 Å². The smallest absolute Gasteiger partial charge is 0.0626 e. The van der Waals surface area contributed by atoms with Gasteiger partial charge in [-0.05, 0) is 0 Å². The third-order valence-electron chi connectivity index (χ3n) is 0. The van der Waals surface area contributed by atoms with Crippen molar-refractivity contribution in [3.8, 4) is 0 Å².